The van der Waals surface area contributed by atoms with Crippen LogP contribution in [0, 0.1) is 6.92 Å². The van der Waals surface area contributed by atoms with E-state index in [-0.39, 0.29) is 18.4 Å². The van der Waals surface area contributed by atoms with Crippen molar-refractivity contribution in [2.45, 2.75) is 40.0 Å². The Bertz CT molecular complexity index is 476. The van der Waals surface area contributed by atoms with E-state index >= 15 is 0 Å². The molecule has 0 aliphatic carbocycles. The van der Waals surface area contributed by atoms with E-state index in [4.69, 9.17) is 4.74 Å². The Balaban J connectivity index is 2.50. The lowest BCUT2D eigenvalue weighted by atomic mass is 10.2. The molecule has 1 rings (SSSR count). The highest BCUT2D eigenvalue weighted by molar-refractivity contribution is 7.13. The maximum atomic E-state index is 12.1. The van der Waals surface area contributed by atoms with Gasteiger partial charge in [-0.15, -0.1) is 11.3 Å². The van der Waals surface area contributed by atoms with E-state index in [9.17, 15) is 9.59 Å². The summed E-state index contributed by atoms with van der Waals surface area (Å²) in [5.74, 6) is -0.209. The van der Waals surface area contributed by atoms with Gasteiger partial charge in [0.25, 0.3) is 0 Å². The van der Waals surface area contributed by atoms with Crippen molar-refractivity contribution in [3.8, 4) is 0 Å². The lowest BCUT2D eigenvalue weighted by molar-refractivity contribution is -0.134. The van der Waals surface area contributed by atoms with Gasteiger partial charge in [0.15, 0.2) is 5.13 Å². The molecule has 0 unspecified atom stereocenters. The van der Waals surface area contributed by atoms with Crippen LogP contribution in [0.4, 0.5) is 5.13 Å². The van der Waals surface area contributed by atoms with E-state index in [1.165, 1.54) is 11.3 Å². The summed E-state index contributed by atoms with van der Waals surface area (Å²) in [6.45, 7) is 7.61. The first kappa shape index (κ1) is 18.6. The van der Waals surface area contributed by atoms with Crippen LogP contribution in [0.25, 0.3) is 0 Å². The minimum absolute atomic E-state index is 0.00414. The molecule has 124 valence electrons. The zero-order chi connectivity index (χ0) is 16.4. The van der Waals surface area contributed by atoms with Crippen LogP contribution in [0.15, 0.2) is 5.38 Å². The second kappa shape index (κ2) is 10.3. The van der Waals surface area contributed by atoms with Crippen molar-refractivity contribution >= 4 is 28.3 Å². The van der Waals surface area contributed by atoms with Gasteiger partial charge >= 0.3 is 0 Å². The summed E-state index contributed by atoms with van der Waals surface area (Å²) in [5, 5.41) is 5.18. The summed E-state index contributed by atoms with van der Waals surface area (Å²) in [5.41, 5.74) is 0.871. The fourth-order valence-electron chi connectivity index (χ4n) is 1.91. The highest BCUT2D eigenvalue weighted by Gasteiger charge is 2.17. The number of aryl methyl sites for hydroxylation is 1. The number of nitrogens with zero attached hydrogens (tertiary/aromatic N) is 2. The number of ether oxygens (including phenoxy) is 1. The third-order valence-corrected chi connectivity index (χ3v) is 3.81. The summed E-state index contributed by atoms with van der Waals surface area (Å²) in [6, 6.07) is 0. The van der Waals surface area contributed by atoms with Crippen molar-refractivity contribution < 1.29 is 14.3 Å². The van der Waals surface area contributed by atoms with Crippen LogP contribution < -0.4 is 5.32 Å². The van der Waals surface area contributed by atoms with Gasteiger partial charge in [-0.1, -0.05) is 6.92 Å². The molecule has 0 spiro atoms. The number of hydrogen-bond donors (Lipinski definition) is 1. The molecule has 22 heavy (non-hydrogen) atoms. The quantitative estimate of drug-likeness (QED) is 0.670. The molecule has 0 radical (unpaired) electrons. The van der Waals surface area contributed by atoms with Gasteiger partial charge in [-0.3, -0.25) is 9.59 Å². The molecule has 0 saturated heterocycles. The fraction of sp³-hybridized carbons (Fsp3) is 0.667. The SMILES string of the molecule is CCCC(=O)N(CCCOCC)CC(=O)Nc1nc(C)cs1. The van der Waals surface area contributed by atoms with Gasteiger partial charge in [-0.25, -0.2) is 4.98 Å². The molecule has 1 aromatic heterocycles. The minimum Gasteiger partial charge on any atom is -0.382 e. The normalized spacial score (nSPS) is 10.5. The number of nitrogens with one attached hydrogen (secondary N) is 1. The lowest BCUT2D eigenvalue weighted by Gasteiger charge is -2.21. The maximum Gasteiger partial charge on any atom is 0.245 e. The van der Waals surface area contributed by atoms with Crippen molar-refractivity contribution in [1.29, 1.82) is 0 Å². The maximum absolute atomic E-state index is 12.1. The number of rotatable bonds is 10. The minimum atomic E-state index is -0.213. The third-order valence-electron chi connectivity index (χ3n) is 2.94. The summed E-state index contributed by atoms with van der Waals surface area (Å²) >= 11 is 1.38. The summed E-state index contributed by atoms with van der Waals surface area (Å²) in [6.07, 6.45) is 1.96. The number of carbonyl (C=O) groups is 2. The van der Waals surface area contributed by atoms with Crippen LogP contribution in [0.3, 0.4) is 0 Å². The molecule has 0 aliphatic heterocycles. The second-order valence-electron chi connectivity index (χ2n) is 4.96. The molecule has 0 aliphatic rings. The molecular weight excluding hydrogens is 302 g/mol. The first-order chi connectivity index (χ1) is 10.6. The van der Waals surface area contributed by atoms with Gasteiger partial charge in [-0.2, -0.15) is 0 Å². The first-order valence-corrected chi connectivity index (χ1v) is 8.52. The standard InChI is InChI=1S/C15H25N3O3S/c1-4-7-14(20)18(8-6-9-21-5-2)10-13(19)17-15-16-12(3)11-22-15/h11H,4-10H2,1-3H3,(H,16,17,19). The van der Waals surface area contributed by atoms with E-state index in [1.54, 1.807) is 4.90 Å². The fourth-order valence-corrected chi connectivity index (χ4v) is 2.61. The van der Waals surface area contributed by atoms with Crippen molar-refractivity contribution in [3.05, 3.63) is 11.1 Å². The average Bonchev–Trinajstić information content (AvgIpc) is 2.87. The zero-order valence-electron chi connectivity index (χ0n) is 13.6. The number of carbonyl (C=O) groups excluding carboxylic acids is 2. The van der Waals surface area contributed by atoms with Crippen LogP contribution >= 0.6 is 11.3 Å². The monoisotopic (exact) mass is 327 g/mol. The smallest absolute Gasteiger partial charge is 0.245 e. The van der Waals surface area contributed by atoms with Crippen molar-refractivity contribution in [1.82, 2.24) is 9.88 Å². The van der Waals surface area contributed by atoms with Crippen LogP contribution in [0.5, 0.6) is 0 Å². The van der Waals surface area contributed by atoms with E-state index < -0.39 is 0 Å². The molecule has 1 N–H and O–H groups in total. The Hall–Kier alpha value is -1.47. The Morgan fingerprint density at radius 1 is 1.41 bits per heavy atom. The summed E-state index contributed by atoms with van der Waals surface area (Å²) < 4.78 is 5.28. The molecule has 6 nitrogen and oxygen atoms in total. The second-order valence-corrected chi connectivity index (χ2v) is 5.82. The number of amides is 2. The number of anilines is 1. The molecular formula is C15H25N3O3S. The van der Waals surface area contributed by atoms with Gasteiger partial charge in [0.2, 0.25) is 11.8 Å². The van der Waals surface area contributed by atoms with Gasteiger partial charge in [-0.05, 0) is 26.7 Å². The molecule has 7 heteroatoms. The predicted octanol–water partition coefficient (Wildman–Crippen LogP) is 2.45. The molecule has 0 aromatic carbocycles. The third kappa shape index (κ3) is 7.00. The van der Waals surface area contributed by atoms with Crippen LogP contribution in [0.2, 0.25) is 0 Å². The zero-order valence-corrected chi connectivity index (χ0v) is 14.4. The molecule has 0 saturated carbocycles. The highest BCUT2D eigenvalue weighted by atomic mass is 32.1. The topological polar surface area (TPSA) is 71.5 Å². The van der Waals surface area contributed by atoms with Crippen LogP contribution in [0.1, 0.15) is 38.8 Å². The molecule has 1 aromatic rings. The van der Waals surface area contributed by atoms with Gasteiger partial charge in [0.1, 0.15) is 0 Å². The number of thiazole rings is 1. The van der Waals surface area contributed by atoms with E-state index in [1.807, 2.05) is 26.2 Å². The largest absolute Gasteiger partial charge is 0.382 e. The molecule has 0 fully saturated rings. The highest BCUT2D eigenvalue weighted by Crippen LogP contribution is 2.14. The van der Waals surface area contributed by atoms with Crippen LogP contribution in [-0.2, 0) is 14.3 Å². The number of hydrogen-bond acceptors (Lipinski definition) is 5. The average molecular weight is 327 g/mol. The van der Waals surface area contributed by atoms with Gasteiger partial charge < -0.3 is 15.0 Å². The van der Waals surface area contributed by atoms with E-state index in [2.05, 4.69) is 10.3 Å². The molecule has 1 heterocycles. The van der Waals surface area contributed by atoms with E-state index in [0.717, 1.165) is 18.5 Å². The Morgan fingerprint density at radius 2 is 2.18 bits per heavy atom. The van der Waals surface area contributed by atoms with Crippen molar-refractivity contribution in [2.24, 2.45) is 0 Å². The molecule has 0 atom stereocenters. The van der Waals surface area contributed by atoms with E-state index in [0.29, 0.717) is 31.3 Å². The summed E-state index contributed by atoms with van der Waals surface area (Å²) in [4.78, 5) is 29.9. The Kier molecular flexibility index (Phi) is 8.69. The van der Waals surface area contributed by atoms with Crippen LogP contribution in [-0.4, -0.2) is 48.0 Å². The first-order valence-electron chi connectivity index (χ1n) is 7.64. The molecule has 2 amide bonds. The Labute approximate surface area is 135 Å². The van der Waals surface area contributed by atoms with Crippen molar-refractivity contribution in [2.75, 3.05) is 31.6 Å². The van der Waals surface area contributed by atoms with Crippen molar-refractivity contribution in [3.63, 3.8) is 0 Å². The van der Waals surface area contributed by atoms with Gasteiger partial charge in [0.05, 0.1) is 12.2 Å². The number of aromatic nitrogens is 1. The molecule has 0 bridgehead atoms. The predicted molar refractivity (Wildman–Crippen MR) is 88.1 cm³/mol. The summed E-state index contributed by atoms with van der Waals surface area (Å²) in [7, 11) is 0. The lowest BCUT2D eigenvalue weighted by Crippen LogP contribution is -2.38. The Morgan fingerprint density at radius 3 is 2.77 bits per heavy atom. The van der Waals surface area contributed by atoms with Gasteiger partial charge in [0, 0.05) is 31.6 Å².